The monoisotopic (exact) mass is 439 g/mol. The highest BCUT2D eigenvalue weighted by molar-refractivity contribution is 6.09. The Labute approximate surface area is 198 Å². The number of carbonyl (C=O) groups is 2. The number of hydrogen-bond acceptors (Lipinski definition) is 3. The quantitative estimate of drug-likeness (QED) is 0.271. The van der Waals surface area contributed by atoms with Crippen LogP contribution in [0.1, 0.15) is 31.8 Å². The second kappa shape index (κ2) is 9.47. The van der Waals surface area contributed by atoms with E-state index in [1.54, 1.807) is 0 Å². The van der Waals surface area contributed by atoms with E-state index in [9.17, 15) is 9.59 Å². The Morgan fingerprint density at radius 1 is 0.382 bits per heavy atom. The summed E-state index contributed by atoms with van der Waals surface area (Å²) in [5.74, 6) is -0.00185. The van der Waals surface area contributed by atoms with E-state index in [2.05, 4.69) is 0 Å². The summed E-state index contributed by atoms with van der Waals surface area (Å²) in [6, 6.07) is 39.4. The van der Waals surface area contributed by atoms with E-state index in [1.165, 1.54) is 0 Å². The standard InChI is InChI=1S/C31H21NO2/c33-30(24-8-3-1-4-9-24)26-18-14-22(15-19-26)28-12-7-13-29(32-28)23-16-20-27(21-17-23)31(34)25-10-5-2-6-11-25/h1-21H. The molecule has 0 aliphatic carbocycles. The molecule has 1 aromatic heterocycles. The van der Waals surface area contributed by atoms with E-state index in [1.807, 2.05) is 127 Å². The SMILES string of the molecule is O=C(c1ccccc1)c1ccc(-c2cccc(-c3ccc(C(=O)c4ccccc4)cc3)n2)cc1. The first-order valence-corrected chi connectivity index (χ1v) is 11.1. The van der Waals surface area contributed by atoms with E-state index >= 15 is 0 Å². The molecule has 3 heteroatoms. The maximum absolute atomic E-state index is 12.7. The van der Waals surface area contributed by atoms with Crippen LogP contribution in [0.4, 0.5) is 0 Å². The van der Waals surface area contributed by atoms with Gasteiger partial charge in [0.1, 0.15) is 0 Å². The molecule has 0 unspecified atom stereocenters. The molecule has 0 radical (unpaired) electrons. The van der Waals surface area contributed by atoms with Gasteiger partial charge in [-0.1, -0.05) is 115 Å². The fraction of sp³-hybridized carbons (Fsp3) is 0. The van der Waals surface area contributed by atoms with Gasteiger partial charge in [-0.15, -0.1) is 0 Å². The molecule has 34 heavy (non-hydrogen) atoms. The second-order valence-electron chi connectivity index (χ2n) is 7.95. The van der Waals surface area contributed by atoms with Crippen LogP contribution in [0.5, 0.6) is 0 Å². The van der Waals surface area contributed by atoms with Gasteiger partial charge in [-0.3, -0.25) is 9.59 Å². The van der Waals surface area contributed by atoms with Gasteiger partial charge in [-0.25, -0.2) is 4.98 Å². The van der Waals surface area contributed by atoms with Gasteiger partial charge in [0, 0.05) is 33.4 Å². The lowest BCUT2D eigenvalue weighted by Gasteiger charge is -2.07. The Morgan fingerprint density at radius 3 is 1.12 bits per heavy atom. The first-order valence-electron chi connectivity index (χ1n) is 11.1. The largest absolute Gasteiger partial charge is 0.289 e. The minimum atomic E-state index is -0.000926. The number of hydrogen-bond donors (Lipinski definition) is 0. The molecule has 162 valence electrons. The van der Waals surface area contributed by atoms with Gasteiger partial charge in [0.25, 0.3) is 0 Å². The lowest BCUT2D eigenvalue weighted by Crippen LogP contribution is -2.01. The first-order chi connectivity index (χ1) is 16.7. The topological polar surface area (TPSA) is 47.0 Å². The fourth-order valence-corrected chi connectivity index (χ4v) is 3.85. The van der Waals surface area contributed by atoms with Crippen molar-refractivity contribution in [2.75, 3.05) is 0 Å². The van der Waals surface area contributed by atoms with Crippen molar-refractivity contribution in [1.82, 2.24) is 4.98 Å². The molecule has 0 amide bonds. The van der Waals surface area contributed by atoms with Gasteiger partial charge < -0.3 is 0 Å². The van der Waals surface area contributed by atoms with E-state index < -0.39 is 0 Å². The fourth-order valence-electron chi connectivity index (χ4n) is 3.85. The Balaban J connectivity index is 1.36. The molecule has 0 aliphatic rings. The molecular weight excluding hydrogens is 418 g/mol. The number of aromatic nitrogens is 1. The van der Waals surface area contributed by atoms with Crippen molar-refractivity contribution in [3.8, 4) is 22.5 Å². The summed E-state index contributed by atoms with van der Waals surface area (Å²) in [4.78, 5) is 30.1. The van der Waals surface area contributed by atoms with Gasteiger partial charge in [0.05, 0.1) is 11.4 Å². The van der Waals surface area contributed by atoms with Crippen molar-refractivity contribution in [3.05, 3.63) is 150 Å². The molecule has 0 fully saturated rings. The Bertz CT molecular complexity index is 1330. The molecule has 0 N–H and O–H groups in total. The van der Waals surface area contributed by atoms with E-state index in [4.69, 9.17) is 4.98 Å². The third-order valence-corrected chi connectivity index (χ3v) is 5.71. The minimum Gasteiger partial charge on any atom is -0.289 e. The summed E-state index contributed by atoms with van der Waals surface area (Å²) in [5.41, 5.74) is 6.13. The van der Waals surface area contributed by atoms with Gasteiger partial charge >= 0.3 is 0 Å². The zero-order chi connectivity index (χ0) is 23.3. The van der Waals surface area contributed by atoms with Gasteiger partial charge in [-0.2, -0.15) is 0 Å². The highest BCUT2D eigenvalue weighted by Gasteiger charge is 2.11. The highest BCUT2D eigenvalue weighted by Crippen LogP contribution is 2.24. The predicted octanol–water partition coefficient (Wildman–Crippen LogP) is 6.88. The van der Waals surface area contributed by atoms with Crippen LogP contribution in [0.25, 0.3) is 22.5 Å². The van der Waals surface area contributed by atoms with Gasteiger partial charge in [0.15, 0.2) is 11.6 Å². The average Bonchev–Trinajstić information content (AvgIpc) is 2.93. The zero-order valence-corrected chi connectivity index (χ0v) is 18.4. The van der Waals surface area contributed by atoms with Crippen molar-refractivity contribution in [1.29, 1.82) is 0 Å². The van der Waals surface area contributed by atoms with E-state index in [-0.39, 0.29) is 11.6 Å². The first kappa shape index (κ1) is 21.2. The number of rotatable bonds is 6. The lowest BCUT2D eigenvalue weighted by atomic mass is 10.00. The smallest absolute Gasteiger partial charge is 0.193 e. The predicted molar refractivity (Wildman–Crippen MR) is 135 cm³/mol. The van der Waals surface area contributed by atoms with Crippen LogP contribution < -0.4 is 0 Å². The van der Waals surface area contributed by atoms with Crippen molar-refractivity contribution < 1.29 is 9.59 Å². The zero-order valence-electron chi connectivity index (χ0n) is 18.4. The Hall–Kier alpha value is -4.63. The third-order valence-electron chi connectivity index (χ3n) is 5.71. The summed E-state index contributed by atoms with van der Waals surface area (Å²) in [5, 5.41) is 0. The molecule has 0 aliphatic heterocycles. The molecule has 0 bridgehead atoms. The van der Waals surface area contributed by atoms with Crippen LogP contribution in [0.15, 0.2) is 127 Å². The van der Waals surface area contributed by atoms with Crippen molar-refractivity contribution in [2.24, 2.45) is 0 Å². The lowest BCUT2D eigenvalue weighted by molar-refractivity contribution is 0.103. The molecule has 1 heterocycles. The molecule has 4 aromatic carbocycles. The van der Waals surface area contributed by atoms with Gasteiger partial charge in [0.2, 0.25) is 0 Å². The van der Waals surface area contributed by atoms with Crippen LogP contribution in [0, 0.1) is 0 Å². The van der Waals surface area contributed by atoms with E-state index in [0.29, 0.717) is 22.3 Å². The summed E-state index contributed by atoms with van der Waals surface area (Å²) in [7, 11) is 0. The van der Waals surface area contributed by atoms with E-state index in [0.717, 1.165) is 22.5 Å². The summed E-state index contributed by atoms with van der Waals surface area (Å²) >= 11 is 0. The number of ketones is 2. The highest BCUT2D eigenvalue weighted by atomic mass is 16.1. The molecule has 0 saturated carbocycles. The molecular formula is C31H21NO2. The van der Waals surface area contributed by atoms with Crippen LogP contribution in [0.2, 0.25) is 0 Å². The summed E-state index contributed by atoms with van der Waals surface area (Å²) in [6.07, 6.45) is 0. The summed E-state index contributed by atoms with van der Waals surface area (Å²) in [6.45, 7) is 0. The van der Waals surface area contributed by atoms with Gasteiger partial charge in [-0.05, 0) is 12.1 Å². The molecule has 3 nitrogen and oxygen atoms in total. The molecule has 0 spiro atoms. The van der Waals surface area contributed by atoms with Crippen LogP contribution in [-0.4, -0.2) is 16.6 Å². The Kier molecular flexibility index (Phi) is 5.91. The molecule has 0 saturated heterocycles. The normalized spacial score (nSPS) is 10.6. The Morgan fingerprint density at radius 2 is 0.735 bits per heavy atom. The van der Waals surface area contributed by atoms with Crippen molar-refractivity contribution >= 4 is 11.6 Å². The molecule has 0 atom stereocenters. The number of nitrogens with zero attached hydrogens (tertiary/aromatic N) is 1. The minimum absolute atomic E-state index is 0.000926. The summed E-state index contributed by atoms with van der Waals surface area (Å²) < 4.78 is 0. The number of pyridine rings is 1. The van der Waals surface area contributed by atoms with Crippen LogP contribution in [-0.2, 0) is 0 Å². The van der Waals surface area contributed by atoms with Crippen molar-refractivity contribution in [3.63, 3.8) is 0 Å². The van der Waals surface area contributed by atoms with Crippen LogP contribution in [0.3, 0.4) is 0 Å². The molecule has 5 aromatic rings. The van der Waals surface area contributed by atoms with Crippen LogP contribution >= 0.6 is 0 Å². The maximum atomic E-state index is 12.7. The number of benzene rings is 4. The number of carbonyl (C=O) groups excluding carboxylic acids is 2. The molecule has 5 rings (SSSR count). The van der Waals surface area contributed by atoms with Crippen molar-refractivity contribution in [2.45, 2.75) is 0 Å². The second-order valence-corrected chi connectivity index (χ2v) is 7.95. The maximum Gasteiger partial charge on any atom is 0.193 e. The average molecular weight is 440 g/mol. The third kappa shape index (κ3) is 4.45.